The molecule has 0 bridgehead atoms. The molecule has 1 N–H and O–H groups in total. The van der Waals surface area contributed by atoms with Gasteiger partial charge in [-0.1, -0.05) is 53.5 Å². The molecule has 0 atom stereocenters. The lowest BCUT2D eigenvalue weighted by Gasteiger charge is -2.22. The van der Waals surface area contributed by atoms with E-state index in [-0.39, 0.29) is 21.5 Å². The summed E-state index contributed by atoms with van der Waals surface area (Å²) < 4.78 is 38.4. The predicted molar refractivity (Wildman–Crippen MR) is 141 cm³/mol. The smallest absolute Gasteiger partial charge is 0.255 e. The van der Waals surface area contributed by atoms with E-state index >= 15 is 0 Å². The minimum atomic E-state index is -4.15. The van der Waals surface area contributed by atoms with Crippen LogP contribution in [-0.4, -0.2) is 52.2 Å². The van der Waals surface area contributed by atoms with E-state index in [1.165, 1.54) is 38.6 Å². The number of nitrogens with one attached hydrogen (secondary N) is 1. The first-order chi connectivity index (χ1) is 17.2. The van der Waals surface area contributed by atoms with Crippen molar-refractivity contribution in [2.45, 2.75) is 11.3 Å². The zero-order valence-corrected chi connectivity index (χ0v) is 22.0. The first-order valence-corrected chi connectivity index (χ1v) is 13.0. The van der Waals surface area contributed by atoms with Crippen LogP contribution in [0.3, 0.4) is 0 Å². The number of benzene rings is 3. The van der Waals surface area contributed by atoms with Crippen LogP contribution in [0, 0.1) is 0 Å². The average Bonchev–Trinajstić information content (AvgIpc) is 2.88. The van der Waals surface area contributed by atoms with Crippen LogP contribution in [0.5, 0.6) is 11.5 Å². The van der Waals surface area contributed by atoms with E-state index in [0.29, 0.717) is 23.5 Å². The molecule has 0 aromatic heterocycles. The van der Waals surface area contributed by atoms with E-state index in [9.17, 15) is 13.2 Å². The van der Waals surface area contributed by atoms with Crippen LogP contribution in [0.15, 0.2) is 76.7 Å². The molecule has 0 saturated heterocycles. The van der Waals surface area contributed by atoms with Gasteiger partial charge in [0.05, 0.1) is 32.0 Å². The van der Waals surface area contributed by atoms with Gasteiger partial charge >= 0.3 is 0 Å². The van der Waals surface area contributed by atoms with Gasteiger partial charge < -0.3 is 9.47 Å². The van der Waals surface area contributed by atoms with Crippen LogP contribution in [0.25, 0.3) is 0 Å². The van der Waals surface area contributed by atoms with Crippen molar-refractivity contribution in [3.8, 4) is 11.5 Å². The molecule has 36 heavy (non-hydrogen) atoms. The van der Waals surface area contributed by atoms with Crippen LogP contribution in [-0.2, 0) is 21.2 Å². The van der Waals surface area contributed by atoms with E-state index in [0.717, 1.165) is 9.87 Å². The van der Waals surface area contributed by atoms with Crippen LogP contribution in [0.4, 0.5) is 0 Å². The van der Waals surface area contributed by atoms with Gasteiger partial charge in [-0.05, 0) is 48.4 Å². The molecule has 1 amide bonds. The molecule has 11 heteroatoms. The fraction of sp³-hybridized carbons (Fsp3) is 0.200. The third-order valence-corrected chi connectivity index (χ3v) is 7.72. The Bertz CT molecular complexity index is 1330. The number of hydrogen-bond acceptors (Lipinski definition) is 6. The van der Waals surface area contributed by atoms with Gasteiger partial charge in [-0.15, -0.1) is 0 Å². The number of nitrogens with zero attached hydrogens (tertiary/aromatic N) is 2. The highest BCUT2D eigenvalue weighted by Gasteiger charge is 2.29. The van der Waals surface area contributed by atoms with Gasteiger partial charge in [0, 0.05) is 17.1 Å². The average molecular weight is 550 g/mol. The molecular weight excluding hydrogens is 525 g/mol. The van der Waals surface area contributed by atoms with Gasteiger partial charge in [-0.2, -0.15) is 9.41 Å². The highest BCUT2D eigenvalue weighted by Crippen LogP contribution is 2.28. The molecule has 3 aromatic rings. The van der Waals surface area contributed by atoms with Crippen LogP contribution in [0.1, 0.15) is 11.1 Å². The van der Waals surface area contributed by atoms with E-state index in [2.05, 4.69) is 10.5 Å². The van der Waals surface area contributed by atoms with Crippen LogP contribution < -0.4 is 14.9 Å². The van der Waals surface area contributed by atoms with Crippen molar-refractivity contribution in [2.24, 2.45) is 5.10 Å². The number of sulfonamides is 1. The summed E-state index contributed by atoms with van der Waals surface area (Å²) in [5.41, 5.74) is 3.85. The summed E-state index contributed by atoms with van der Waals surface area (Å²) in [6.45, 7) is -0.444. The number of hydrogen-bond donors (Lipinski definition) is 1. The molecule has 3 rings (SSSR count). The second-order valence-electron chi connectivity index (χ2n) is 7.55. The number of halogens is 2. The number of hydrazone groups is 1. The third-order valence-electron chi connectivity index (χ3n) is 5.15. The van der Waals surface area contributed by atoms with Crippen molar-refractivity contribution >= 4 is 45.3 Å². The Hall–Kier alpha value is -3.11. The number of rotatable bonds is 11. The molecule has 0 fully saturated rings. The molecule has 0 aliphatic heterocycles. The summed E-state index contributed by atoms with van der Waals surface area (Å²) >= 11 is 12.2. The first-order valence-electron chi connectivity index (χ1n) is 10.8. The summed E-state index contributed by atoms with van der Waals surface area (Å²) in [5, 5.41) is 4.17. The van der Waals surface area contributed by atoms with Gasteiger partial charge in [0.25, 0.3) is 5.91 Å². The highest BCUT2D eigenvalue weighted by atomic mass is 35.5. The Morgan fingerprint density at radius 2 is 1.78 bits per heavy atom. The van der Waals surface area contributed by atoms with Gasteiger partial charge in [-0.25, -0.2) is 13.8 Å². The number of methoxy groups -OCH3 is 2. The standard InChI is InChI=1S/C25H25Cl2N3O5S/c1-34-21-9-11-23(35-2)19(14-21)16-28-29-25(31)17-30(13-12-18-6-4-3-5-7-18)36(32,33)24-15-20(26)8-10-22(24)27/h3-11,14-16H,12-13,17H2,1-2H3,(H,29,31)/b28-16-. The zero-order valence-electron chi connectivity index (χ0n) is 19.6. The molecule has 0 spiro atoms. The Morgan fingerprint density at radius 1 is 1.03 bits per heavy atom. The summed E-state index contributed by atoms with van der Waals surface area (Å²) in [6.07, 6.45) is 1.77. The van der Waals surface area contributed by atoms with Gasteiger partial charge in [0.15, 0.2) is 0 Å². The van der Waals surface area contributed by atoms with E-state index in [1.54, 1.807) is 18.2 Å². The Kier molecular flexibility index (Phi) is 9.72. The monoisotopic (exact) mass is 549 g/mol. The lowest BCUT2D eigenvalue weighted by molar-refractivity contribution is -0.121. The van der Waals surface area contributed by atoms with E-state index in [4.69, 9.17) is 32.7 Å². The Labute approximate surface area is 220 Å². The number of amides is 1. The second kappa shape index (κ2) is 12.7. The maximum Gasteiger partial charge on any atom is 0.255 e. The molecule has 0 radical (unpaired) electrons. The maximum absolute atomic E-state index is 13.4. The molecule has 8 nitrogen and oxygen atoms in total. The van der Waals surface area contributed by atoms with Crippen LogP contribution >= 0.6 is 23.2 Å². The minimum Gasteiger partial charge on any atom is -0.497 e. The van der Waals surface area contributed by atoms with Crippen molar-refractivity contribution in [3.05, 3.63) is 87.9 Å². The lowest BCUT2D eigenvalue weighted by atomic mass is 10.1. The fourth-order valence-electron chi connectivity index (χ4n) is 3.31. The molecule has 0 unspecified atom stereocenters. The molecule has 0 aliphatic carbocycles. The van der Waals surface area contributed by atoms with Gasteiger partial charge in [-0.3, -0.25) is 4.79 Å². The number of carbonyl (C=O) groups is 1. The summed E-state index contributed by atoms with van der Waals surface area (Å²) in [4.78, 5) is 12.5. The largest absolute Gasteiger partial charge is 0.497 e. The van der Waals surface area contributed by atoms with Gasteiger partial charge in [0.2, 0.25) is 10.0 Å². The minimum absolute atomic E-state index is 0.00709. The Morgan fingerprint density at radius 3 is 2.47 bits per heavy atom. The third kappa shape index (κ3) is 7.20. The second-order valence-corrected chi connectivity index (χ2v) is 10.3. The molecule has 190 valence electrons. The normalized spacial score (nSPS) is 11.6. The Balaban J connectivity index is 1.80. The van der Waals surface area contributed by atoms with Crippen molar-refractivity contribution in [3.63, 3.8) is 0 Å². The molecular formula is C25H25Cl2N3O5S. The topological polar surface area (TPSA) is 97.3 Å². The first kappa shape index (κ1) is 27.5. The molecule has 3 aromatic carbocycles. The maximum atomic E-state index is 13.4. The van der Waals surface area contributed by atoms with Crippen molar-refractivity contribution in [1.29, 1.82) is 0 Å². The fourth-order valence-corrected chi connectivity index (χ4v) is 5.44. The highest BCUT2D eigenvalue weighted by molar-refractivity contribution is 7.89. The van der Waals surface area contributed by atoms with Crippen molar-refractivity contribution in [2.75, 3.05) is 27.3 Å². The number of ether oxygens (including phenoxy) is 2. The molecule has 0 heterocycles. The number of carbonyl (C=O) groups excluding carboxylic acids is 1. The summed E-state index contributed by atoms with van der Waals surface area (Å²) in [5.74, 6) is 0.472. The quantitative estimate of drug-likeness (QED) is 0.282. The zero-order chi connectivity index (χ0) is 26.1. The van der Waals surface area contributed by atoms with Crippen molar-refractivity contribution < 1.29 is 22.7 Å². The summed E-state index contributed by atoms with van der Waals surface area (Å²) in [7, 11) is -1.11. The van der Waals surface area contributed by atoms with E-state index < -0.39 is 22.5 Å². The van der Waals surface area contributed by atoms with Gasteiger partial charge in [0.1, 0.15) is 16.4 Å². The molecule has 0 aliphatic rings. The predicted octanol–water partition coefficient (Wildman–Crippen LogP) is 4.39. The van der Waals surface area contributed by atoms with E-state index in [1.807, 2.05) is 30.3 Å². The lowest BCUT2D eigenvalue weighted by Crippen LogP contribution is -2.40. The molecule has 0 saturated carbocycles. The van der Waals surface area contributed by atoms with Crippen molar-refractivity contribution in [1.82, 2.24) is 9.73 Å². The summed E-state index contributed by atoms with van der Waals surface area (Å²) in [6, 6.07) is 18.6. The van der Waals surface area contributed by atoms with Crippen LogP contribution in [0.2, 0.25) is 10.0 Å². The SMILES string of the molecule is COc1ccc(OC)c(/C=N\NC(=O)CN(CCc2ccccc2)S(=O)(=O)c2cc(Cl)ccc2Cl)c1.